The van der Waals surface area contributed by atoms with Gasteiger partial charge in [-0.3, -0.25) is 14.2 Å². The van der Waals surface area contributed by atoms with Gasteiger partial charge in [0.2, 0.25) is 5.91 Å². The Bertz CT molecular complexity index is 1280. The Kier molecular flexibility index (Phi) is 6.81. The predicted molar refractivity (Wildman–Crippen MR) is 130 cm³/mol. The van der Waals surface area contributed by atoms with Gasteiger partial charge in [-0.25, -0.2) is 4.98 Å². The van der Waals surface area contributed by atoms with Gasteiger partial charge in [0.15, 0.2) is 0 Å². The summed E-state index contributed by atoms with van der Waals surface area (Å²) in [6, 6.07) is 20.0. The van der Waals surface area contributed by atoms with E-state index in [1.165, 1.54) is 15.3 Å². The molecule has 0 fully saturated rings. The zero-order chi connectivity index (χ0) is 22.5. The summed E-state index contributed by atoms with van der Waals surface area (Å²) in [5, 5.41) is 0.593. The van der Waals surface area contributed by atoms with Crippen molar-refractivity contribution in [2.75, 3.05) is 6.54 Å². The molecule has 0 spiro atoms. The van der Waals surface area contributed by atoms with Crippen LogP contribution in [0, 0.1) is 13.8 Å². The fraction of sp³-hybridized carbons (Fsp3) is 0.269. The Labute approximate surface area is 192 Å². The van der Waals surface area contributed by atoms with Crippen molar-refractivity contribution in [3.8, 4) is 0 Å². The first-order chi connectivity index (χ1) is 15.5. The number of nitrogens with zero attached hydrogens (tertiary/aromatic N) is 3. The van der Waals surface area contributed by atoms with Crippen LogP contribution in [0.5, 0.6) is 0 Å². The van der Waals surface area contributed by atoms with Crippen LogP contribution in [0.3, 0.4) is 0 Å². The van der Waals surface area contributed by atoms with Gasteiger partial charge in [-0.2, -0.15) is 0 Å². The van der Waals surface area contributed by atoms with Crippen LogP contribution in [0.15, 0.2) is 71.8 Å². The Morgan fingerprint density at radius 1 is 1.03 bits per heavy atom. The zero-order valence-electron chi connectivity index (χ0n) is 18.5. The van der Waals surface area contributed by atoms with Crippen molar-refractivity contribution in [2.45, 2.75) is 39.8 Å². The highest BCUT2D eigenvalue weighted by Crippen LogP contribution is 2.18. The van der Waals surface area contributed by atoms with E-state index in [4.69, 9.17) is 0 Å². The number of carbonyl (C=O) groups is 1. The molecule has 0 saturated heterocycles. The Morgan fingerprint density at radius 3 is 2.59 bits per heavy atom. The van der Waals surface area contributed by atoms with Crippen molar-refractivity contribution >= 4 is 28.1 Å². The van der Waals surface area contributed by atoms with E-state index in [0.29, 0.717) is 25.0 Å². The lowest BCUT2D eigenvalue weighted by atomic mass is 10.1. The minimum Gasteiger partial charge on any atom is -0.337 e. The molecule has 0 unspecified atom stereocenters. The third-order valence-corrected chi connectivity index (χ3v) is 6.62. The molecule has 2 heterocycles. The number of aryl methyl sites for hydroxylation is 3. The monoisotopic (exact) mass is 445 g/mol. The summed E-state index contributed by atoms with van der Waals surface area (Å²) < 4.78 is 1.55. The molecule has 2 aromatic carbocycles. The normalized spacial score (nSPS) is 11.1. The molecule has 0 N–H and O–H groups in total. The summed E-state index contributed by atoms with van der Waals surface area (Å²) >= 11 is 1.72. The largest absolute Gasteiger partial charge is 0.337 e. The average Bonchev–Trinajstić information content (AvgIpc) is 3.22. The SMILES string of the molecule is Cc1ccc(CN(CCc2ccccc2)C(=O)CCn2cnc3c(C)cccc3c2=O)s1. The zero-order valence-corrected chi connectivity index (χ0v) is 19.3. The number of hydrogen-bond donors (Lipinski definition) is 0. The lowest BCUT2D eigenvalue weighted by Gasteiger charge is -2.22. The molecule has 0 aliphatic carbocycles. The van der Waals surface area contributed by atoms with Gasteiger partial charge in [-0.1, -0.05) is 42.5 Å². The summed E-state index contributed by atoms with van der Waals surface area (Å²) in [6.07, 6.45) is 2.62. The van der Waals surface area contributed by atoms with Gasteiger partial charge < -0.3 is 4.90 Å². The van der Waals surface area contributed by atoms with Gasteiger partial charge in [0.25, 0.3) is 5.56 Å². The van der Waals surface area contributed by atoms with E-state index in [2.05, 4.69) is 36.2 Å². The van der Waals surface area contributed by atoms with Gasteiger partial charge in [0.05, 0.1) is 23.8 Å². The summed E-state index contributed by atoms with van der Waals surface area (Å²) in [7, 11) is 0. The lowest BCUT2D eigenvalue weighted by Crippen LogP contribution is -2.33. The molecule has 0 bridgehead atoms. The third-order valence-electron chi connectivity index (χ3n) is 5.63. The number of amides is 1. The van der Waals surface area contributed by atoms with Gasteiger partial charge in [0, 0.05) is 29.3 Å². The standard InChI is InChI=1S/C26H27N3O2S/c1-19-7-6-10-23-25(19)27-18-29(26(23)31)16-14-24(30)28(17-22-12-11-20(2)32-22)15-13-21-8-4-3-5-9-21/h3-12,18H,13-17H2,1-2H3. The van der Waals surface area contributed by atoms with E-state index >= 15 is 0 Å². The Hall–Kier alpha value is -3.25. The predicted octanol–water partition coefficient (Wildman–Crippen LogP) is 4.74. The highest BCUT2D eigenvalue weighted by molar-refractivity contribution is 7.11. The fourth-order valence-electron chi connectivity index (χ4n) is 3.83. The van der Waals surface area contributed by atoms with Gasteiger partial charge in [-0.05, 0) is 49.6 Å². The highest BCUT2D eigenvalue weighted by Gasteiger charge is 2.16. The number of thiophene rings is 1. The van der Waals surface area contributed by atoms with Crippen LogP contribution in [0.4, 0.5) is 0 Å². The molecule has 1 amide bonds. The van der Waals surface area contributed by atoms with E-state index in [9.17, 15) is 9.59 Å². The Morgan fingerprint density at radius 2 is 1.84 bits per heavy atom. The maximum atomic E-state index is 13.2. The first-order valence-electron chi connectivity index (χ1n) is 10.8. The fourth-order valence-corrected chi connectivity index (χ4v) is 4.74. The molecule has 0 atom stereocenters. The summed E-state index contributed by atoms with van der Waals surface area (Å²) in [5.41, 5.74) is 2.80. The lowest BCUT2D eigenvalue weighted by molar-refractivity contribution is -0.132. The van der Waals surface area contributed by atoms with Crippen LogP contribution in [0.1, 0.15) is 27.3 Å². The van der Waals surface area contributed by atoms with Crippen molar-refractivity contribution in [1.82, 2.24) is 14.5 Å². The molecule has 5 nitrogen and oxygen atoms in total. The minimum atomic E-state index is -0.101. The number of carbonyl (C=O) groups excluding carboxylic acids is 1. The van der Waals surface area contributed by atoms with Crippen LogP contribution < -0.4 is 5.56 Å². The molecule has 2 aromatic heterocycles. The molecule has 0 aliphatic rings. The number of hydrogen-bond acceptors (Lipinski definition) is 4. The smallest absolute Gasteiger partial charge is 0.261 e. The van der Waals surface area contributed by atoms with Crippen molar-refractivity contribution in [3.05, 3.63) is 98.2 Å². The molecular weight excluding hydrogens is 418 g/mol. The van der Waals surface area contributed by atoms with Crippen LogP contribution >= 0.6 is 11.3 Å². The average molecular weight is 446 g/mol. The van der Waals surface area contributed by atoms with Crippen molar-refractivity contribution in [1.29, 1.82) is 0 Å². The highest BCUT2D eigenvalue weighted by atomic mass is 32.1. The first kappa shape index (κ1) is 22.0. The van der Waals surface area contributed by atoms with Crippen LogP contribution in [-0.4, -0.2) is 26.9 Å². The van der Waals surface area contributed by atoms with Crippen LogP contribution in [0.25, 0.3) is 10.9 Å². The molecule has 32 heavy (non-hydrogen) atoms. The van der Waals surface area contributed by atoms with E-state index < -0.39 is 0 Å². The van der Waals surface area contributed by atoms with E-state index in [1.807, 2.05) is 42.2 Å². The Balaban J connectivity index is 1.48. The second kappa shape index (κ2) is 9.92. The topological polar surface area (TPSA) is 55.2 Å². The summed E-state index contributed by atoms with van der Waals surface area (Å²) in [5.74, 6) is 0.0447. The van der Waals surface area contributed by atoms with E-state index in [0.717, 1.165) is 17.5 Å². The molecule has 6 heteroatoms. The summed E-state index contributed by atoms with van der Waals surface area (Å²) in [4.78, 5) is 34.8. The second-order valence-corrected chi connectivity index (χ2v) is 9.40. The molecule has 4 rings (SSSR count). The maximum Gasteiger partial charge on any atom is 0.261 e. The molecule has 164 valence electrons. The molecule has 0 radical (unpaired) electrons. The quantitative estimate of drug-likeness (QED) is 0.394. The number of fused-ring (bicyclic) bond motifs is 1. The number of benzene rings is 2. The second-order valence-electron chi connectivity index (χ2n) is 8.03. The minimum absolute atomic E-state index is 0.0447. The molecule has 0 saturated carbocycles. The van der Waals surface area contributed by atoms with Crippen molar-refractivity contribution in [3.63, 3.8) is 0 Å². The summed E-state index contributed by atoms with van der Waals surface area (Å²) in [6.45, 7) is 5.57. The maximum absolute atomic E-state index is 13.2. The number of para-hydroxylation sites is 1. The molecular formula is C26H27N3O2S. The van der Waals surface area contributed by atoms with Gasteiger partial charge in [0.1, 0.15) is 0 Å². The van der Waals surface area contributed by atoms with E-state index in [1.54, 1.807) is 28.3 Å². The molecule has 4 aromatic rings. The van der Waals surface area contributed by atoms with Gasteiger partial charge >= 0.3 is 0 Å². The van der Waals surface area contributed by atoms with Crippen molar-refractivity contribution in [2.24, 2.45) is 0 Å². The van der Waals surface area contributed by atoms with Crippen molar-refractivity contribution < 1.29 is 4.79 Å². The first-order valence-corrected chi connectivity index (χ1v) is 11.6. The number of rotatable bonds is 8. The van der Waals surface area contributed by atoms with Crippen LogP contribution in [-0.2, 0) is 24.3 Å². The molecule has 0 aliphatic heterocycles. The number of aromatic nitrogens is 2. The van der Waals surface area contributed by atoms with Gasteiger partial charge in [-0.15, -0.1) is 11.3 Å². The van der Waals surface area contributed by atoms with E-state index in [-0.39, 0.29) is 17.9 Å². The third kappa shape index (κ3) is 5.14. The van der Waals surface area contributed by atoms with Crippen LogP contribution in [0.2, 0.25) is 0 Å².